The lowest BCUT2D eigenvalue weighted by Gasteiger charge is -2.36. The molecule has 30 heavy (non-hydrogen) atoms. The number of anilines is 1. The predicted octanol–water partition coefficient (Wildman–Crippen LogP) is 3.04. The van der Waals surface area contributed by atoms with Crippen molar-refractivity contribution in [3.63, 3.8) is 0 Å². The number of rotatable bonds is 4. The van der Waals surface area contributed by atoms with Gasteiger partial charge in [0.25, 0.3) is 5.91 Å². The summed E-state index contributed by atoms with van der Waals surface area (Å²) in [5.74, 6) is 1.05. The lowest BCUT2D eigenvalue weighted by Crippen LogP contribution is -2.49. The maximum Gasteiger partial charge on any atom is 0.253 e. The van der Waals surface area contributed by atoms with Gasteiger partial charge in [-0.05, 0) is 55.5 Å². The number of benzene rings is 1. The monoisotopic (exact) mass is 406 g/mol. The van der Waals surface area contributed by atoms with Crippen LogP contribution in [0.15, 0.2) is 36.5 Å². The van der Waals surface area contributed by atoms with Crippen molar-refractivity contribution in [1.82, 2.24) is 15.2 Å². The van der Waals surface area contributed by atoms with E-state index in [0.29, 0.717) is 18.7 Å². The molecule has 2 aliphatic heterocycles. The van der Waals surface area contributed by atoms with Crippen molar-refractivity contribution >= 4 is 17.6 Å². The molecule has 2 amide bonds. The van der Waals surface area contributed by atoms with Crippen molar-refractivity contribution in [2.45, 2.75) is 45.6 Å². The Bertz CT molecular complexity index is 933. The number of piperazine rings is 1. The van der Waals surface area contributed by atoms with E-state index in [4.69, 9.17) is 0 Å². The third-order valence-electron chi connectivity index (χ3n) is 6.29. The molecule has 2 saturated heterocycles. The van der Waals surface area contributed by atoms with E-state index < -0.39 is 0 Å². The van der Waals surface area contributed by atoms with Gasteiger partial charge in [-0.1, -0.05) is 25.1 Å². The van der Waals surface area contributed by atoms with Gasteiger partial charge in [-0.3, -0.25) is 9.59 Å². The Labute approximate surface area is 178 Å². The Morgan fingerprint density at radius 2 is 1.83 bits per heavy atom. The molecule has 2 aliphatic rings. The minimum Gasteiger partial charge on any atom is -0.353 e. The average molecular weight is 407 g/mol. The molecule has 0 bridgehead atoms. The van der Waals surface area contributed by atoms with Crippen LogP contribution in [0.1, 0.15) is 52.7 Å². The fraction of sp³-hybridized carbons (Fsp3) is 0.458. The smallest absolute Gasteiger partial charge is 0.253 e. The van der Waals surface area contributed by atoms with Crippen molar-refractivity contribution in [3.8, 4) is 0 Å². The number of hydrogen-bond acceptors (Lipinski definition) is 4. The number of carbonyl (C=O) groups excluding carboxylic acids is 2. The maximum atomic E-state index is 13.0. The van der Waals surface area contributed by atoms with Gasteiger partial charge < -0.3 is 15.1 Å². The van der Waals surface area contributed by atoms with Gasteiger partial charge in [0.05, 0.1) is 5.92 Å². The summed E-state index contributed by atoms with van der Waals surface area (Å²) in [6, 6.07) is 10.0. The molecule has 1 aromatic heterocycles. The molecule has 0 aliphatic carbocycles. The first-order valence-corrected chi connectivity index (χ1v) is 10.8. The first-order valence-electron chi connectivity index (χ1n) is 10.8. The Morgan fingerprint density at radius 3 is 2.43 bits per heavy atom. The highest BCUT2D eigenvalue weighted by Gasteiger charge is 2.32. The van der Waals surface area contributed by atoms with Crippen LogP contribution in [0.25, 0.3) is 0 Å². The van der Waals surface area contributed by atoms with E-state index in [-0.39, 0.29) is 23.8 Å². The van der Waals surface area contributed by atoms with Crippen LogP contribution in [0, 0.1) is 13.8 Å². The molecule has 6 heteroatoms. The fourth-order valence-electron chi connectivity index (χ4n) is 4.51. The Balaban J connectivity index is 1.38. The largest absolute Gasteiger partial charge is 0.353 e. The van der Waals surface area contributed by atoms with Gasteiger partial charge in [-0.25, -0.2) is 4.98 Å². The van der Waals surface area contributed by atoms with Crippen molar-refractivity contribution in [2.24, 2.45) is 0 Å². The number of aryl methyl sites for hydroxylation is 2. The SMILES string of the molecule is CCC1CC(c2ccc(C(=O)N3CCN(c4ncc(C)cc4C)CC3)cc2)C(=O)N1. The lowest BCUT2D eigenvalue weighted by atomic mass is 9.94. The Morgan fingerprint density at radius 1 is 1.13 bits per heavy atom. The summed E-state index contributed by atoms with van der Waals surface area (Å²) in [6.07, 6.45) is 3.67. The maximum absolute atomic E-state index is 13.0. The summed E-state index contributed by atoms with van der Waals surface area (Å²) < 4.78 is 0. The summed E-state index contributed by atoms with van der Waals surface area (Å²) in [4.78, 5) is 33.9. The molecular formula is C24H30N4O2. The highest BCUT2D eigenvalue weighted by Crippen LogP contribution is 2.28. The molecular weight excluding hydrogens is 376 g/mol. The van der Waals surface area contributed by atoms with Gasteiger partial charge in [0.15, 0.2) is 0 Å². The first-order chi connectivity index (χ1) is 14.5. The van der Waals surface area contributed by atoms with Crippen LogP contribution in [-0.2, 0) is 4.79 Å². The van der Waals surface area contributed by atoms with Crippen LogP contribution in [0.5, 0.6) is 0 Å². The first kappa shape index (κ1) is 20.4. The topological polar surface area (TPSA) is 65.5 Å². The number of nitrogens with zero attached hydrogens (tertiary/aromatic N) is 3. The van der Waals surface area contributed by atoms with Crippen LogP contribution < -0.4 is 10.2 Å². The summed E-state index contributed by atoms with van der Waals surface area (Å²) in [7, 11) is 0. The normalized spacial score (nSPS) is 21.6. The van der Waals surface area contributed by atoms with Crippen LogP contribution in [0.3, 0.4) is 0 Å². The highest BCUT2D eigenvalue weighted by molar-refractivity contribution is 5.94. The number of amides is 2. The zero-order valence-corrected chi connectivity index (χ0v) is 18.0. The quantitative estimate of drug-likeness (QED) is 0.848. The predicted molar refractivity (Wildman–Crippen MR) is 118 cm³/mol. The second kappa shape index (κ2) is 8.46. The van der Waals surface area contributed by atoms with Crippen LogP contribution in [0.2, 0.25) is 0 Å². The van der Waals surface area contributed by atoms with Gasteiger partial charge in [-0.15, -0.1) is 0 Å². The van der Waals surface area contributed by atoms with Crippen molar-refractivity contribution < 1.29 is 9.59 Å². The second-order valence-electron chi connectivity index (χ2n) is 8.46. The van der Waals surface area contributed by atoms with Gasteiger partial charge >= 0.3 is 0 Å². The molecule has 3 heterocycles. The summed E-state index contributed by atoms with van der Waals surface area (Å²) in [6.45, 7) is 9.14. The standard InChI is InChI=1S/C24H30N4O2/c1-4-20-14-21(23(29)26-20)18-5-7-19(8-6-18)24(30)28-11-9-27(10-12-28)22-17(3)13-16(2)15-25-22/h5-8,13,15,20-21H,4,9-12,14H2,1-3H3,(H,26,29). The molecule has 6 nitrogen and oxygen atoms in total. The average Bonchev–Trinajstić information content (AvgIpc) is 3.14. The summed E-state index contributed by atoms with van der Waals surface area (Å²) in [5, 5.41) is 3.04. The minimum absolute atomic E-state index is 0.0529. The molecule has 0 spiro atoms. The zero-order valence-electron chi connectivity index (χ0n) is 18.0. The molecule has 2 unspecified atom stereocenters. The molecule has 2 atom stereocenters. The van der Waals surface area contributed by atoms with Gasteiger partial charge in [0, 0.05) is 44.0 Å². The van der Waals surface area contributed by atoms with Crippen molar-refractivity contribution in [1.29, 1.82) is 0 Å². The molecule has 4 rings (SSSR count). The van der Waals surface area contributed by atoms with E-state index in [0.717, 1.165) is 42.9 Å². The lowest BCUT2D eigenvalue weighted by molar-refractivity contribution is -0.120. The van der Waals surface area contributed by atoms with Gasteiger partial charge in [-0.2, -0.15) is 0 Å². The van der Waals surface area contributed by atoms with E-state index in [9.17, 15) is 9.59 Å². The fourth-order valence-corrected chi connectivity index (χ4v) is 4.51. The molecule has 2 aromatic rings. The van der Waals surface area contributed by atoms with Crippen LogP contribution >= 0.6 is 0 Å². The Hall–Kier alpha value is -2.89. The highest BCUT2D eigenvalue weighted by atomic mass is 16.2. The van der Waals surface area contributed by atoms with Gasteiger partial charge in [0.2, 0.25) is 5.91 Å². The third kappa shape index (κ3) is 4.04. The molecule has 158 valence electrons. The minimum atomic E-state index is -0.104. The second-order valence-corrected chi connectivity index (χ2v) is 8.46. The van der Waals surface area contributed by atoms with E-state index >= 15 is 0 Å². The third-order valence-corrected chi connectivity index (χ3v) is 6.29. The molecule has 2 fully saturated rings. The zero-order chi connectivity index (χ0) is 21.3. The number of carbonyl (C=O) groups is 2. The van der Waals surface area contributed by atoms with E-state index in [1.54, 1.807) is 0 Å². The van der Waals surface area contributed by atoms with E-state index in [2.05, 4.69) is 35.1 Å². The van der Waals surface area contributed by atoms with E-state index in [1.165, 1.54) is 5.56 Å². The number of hydrogen-bond donors (Lipinski definition) is 1. The van der Waals surface area contributed by atoms with E-state index in [1.807, 2.05) is 42.3 Å². The van der Waals surface area contributed by atoms with Crippen LogP contribution in [0.4, 0.5) is 5.82 Å². The van der Waals surface area contributed by atoms with Crippen molar-refractivity contribution in [2.75, 3.05) is 31.1 Å². The Kier molecular flexibility index (Phi) is 5.75. The number of pyridine rings is 1. The number of nitrogens with one attached hydrogen (secondary N) is 1. The molecule has 0 radical (unpaired) electrons. The van der Waals surface area contributed by atoms with Gasteiger partial charge in [0.1, 0.15) is 5.82 Å². The molecule has 0 saturated carbocycles. The summed E-state index contributed by atoms with van der Waals surface area (Å²) >= 11 is 0. The van der Waals surface area contributed by atoms with Crippen LogP contribution in [-0.4, -0.2) is 53.9 Å². The summed E-state index contributed by atoms with van der Waals surface area (Å²) in [5.41, 5.74) is 4.01. The van der Waals surface area contributed by atoms with Crippen molar-refractivity contribution in [3.05, 3.63) is 58.8 Å². The molecule has 1 aromatic carbocycles. The molecule has 1 N–H and O–H groups in total. The number of aromatic nitrogens is 1.